The van der Waals surface area contributed by atoms with E-state index in [0.29, 0.717) is 22.7 Å². The lowest BCUT2D eigenvalue weighted by atomic mass is 10.1. The summed E-state index contributed by atoms with van der Waals surface area (Å²) >= 11 is 8.53. The second kappa shape index (κ2) is 9.71. The first-order valence-corrected chi connectivity index (χ1v) is 10.1. The molecule has 0 spiro atoms. The summed E-state index contributed by atoms with van der Waals surface area (Å²) in [4.78, 5) is 38.0. The van der Waals surface area contributed by atoms with Crippen molar-refractivity contribution in [3.63, 3.8) is 0 Å². The fourth-order valence-corrected chi connectivity index (χ4v) is 3.28. The molecule has 2 aromatic carbocycles. The lowest BCUT2D eigenvalue weighted by Crippen LogP contribution is -2.54. The Labute approximate surface area is 191 Å². The van der Waals surface area contributed by atoms with Gasteiger partial charge in [0.15, 0.2) is 23.2 Å². The number of carbonyl (C=O) groups excluding carboxylic acids is 3. The van der Waals surface area contributed by atoms with E-state index < -0.39 is 17.8 Å². The number of carbonyl (C=O) groups is 3. The number of ether oxygens (including phenoxy) is 3. The molecule has 0 unspecified atom stereocenters. The highest BCUT2D eigenvalue weighted by Gasteiger charge is 2.34. The Morgan fingerprint density at radius 2 is 1.84 bits per heavy atom. The standard InChI is InChI=1S/C21H17BrN2O6S/c1-28-17-10-12(3-8-16(17)30-11-18(25)29-2)9-15-19(26)23-21(31)24(20(15)27)14-6-4-13(22)5-7-14/h3-10H,11H2,1-2H3,(H,23,26,31). The van der Waals surface area contributed by atoms with E-state index in [4.69, 9.17) is 21.7 Å². The normalized spacial score (nSPS) is 15.0. The van der Waals surface area contributed by atoms with Gasteiger partial charge in [0.2, 0.25) is 0 Å². The summed E-state index contributed by atoms with van der Waals surface area (Å²) in [6, 6.07) is 11.7. The summed E-state index contributed by atoms with van der Waals surface area (Å²) < 4.78 is 16.0. The van der Waals surface area contributed by atoms with Gasteiger partial charge in [-0.1, -0.05) is 22.0 Å². The molecule has 8 nitrogen and oxygen atoms in total. The van der Waals surface area contributed by atoms with Crippen LogP contribution in [0, 0.1) is 0 Å². The van der Waals surface area contributed by atoms with Crippen LogP contribution in [0.3, 0.4) is 0 Å². The van der Waals surface area contributed by atoms with Gasteiger partial charge in [0.05, 0.1) is 19.9 Å². The van der Waals surface area contributed by atoms with E-state index >= 15 is 0 Å². The van der Waals surface area contributed by atoms with Crippen molar-refractivity contribution >= 4 is 62.8 Å². The molecule has 0 aromatic heterocycles. The van der Waals surface area contributed by atoms with Crippen molar-refractivity contribution in [2.24, 2.45) is 0 Å². The number of benzene rings is 2. The van der Waals surface area contributed by atoms with Gasteiger partial charge in [-0.05, 0) is 60.3 Å². The molecule has 1 fully saturated rings. The van der Waals surface area contributed by atoms with Gasteiger partial charge in [-0.2, -0.15) is 0 Å². The molecule has 1 heterocycles. The van der Waals surface area contributed by atoms with Crippen LogP contribution in [-0.4, -0.2) is 43.7 Å². The lowest BCUT2D eigenvalue weighted by Gasteiger charge is -2.29. The van der Waals surface area contributed by atoms with Gasteiger partial charge >= 0.3 is 5.97 Å². The van der Waals surface area contributed by atoms with Gasteiger partial charge in [-0.3, -0.25) is 19.8 Å². The molecule has 10 heteroatoms. The van der Waals surface area contributed by atoms with Crippen LogP contribution in [0.5, 0.6) is 11.5 Å². The number of rotatable bonds is 6. The average Bonchev–Trinajstić information content (AvgIpc) is 2.76. The topological polar surface area (TPSA) is 94.2 Å². The summed E-state index contributed by atoms with van der Waals surface area (Å²) in [6.45, 7) is -0.284. The smallest absolute Gasteiger partial charge is 0.343 e. The van der Waals surface area contributed by atoms with Crippen molar-refractivity contribution in [1.29, 1.82) is 0 Å². The molecule has 1 saturated heterocycles. The Morgan fingerprint density at radius 1 is 1.13 bits per heavy atom. The minimum atomic E-state index is -0.603. The third-order valence-corrected chi connectivity index (χ3v) is 5.07. The Hall–Kier alpha value is -3.24. The minimum Gasteiger partial charge on any atom is -0.493 e. The van der Waals surface area contributed by atoms with Crippen molar-refractivity contribution in [3.05, 3.63) is 58.1 Å². The van der Waals surface area contributed by atoms with Crippen molar-refractivity contribution in [2.45, 2.75) is 0 Å². The highest BCUT2D eigenvalue weighted by Crippen LogP contribution is 2.30. The van der Waals surface area contributed by atoms with E-state index in [1.54, 1.807) is 42.5 Å². The largest absolute Gasteiger partial charge is 0.493 e. The van der Waals surface area contributed by atoms with Gasteiger partial charge in [-0.15, -0.1) is 0 Å². The third-order valence-electron chi connectivity index (χ3n) is 4.26. The second-order valence-electron chi connectivity index (χ2n) is 6.21. The number of amides is 2. The number of methoxy groups -OCH3 is 2. The van der Waals surface area contributed by atoms with Crippen molar-refractivity contribution < 1.29 is 28.6 Å². The van der Waals surface area contributed by atoms with Gasteiger partial charge < -0.3 is 14.2 Å². The number of hydrogen-bond acceptors (Lipinski definition) is 7. The number of thiocarbonyl (C=S) groups is 1. The summed E-state index contributed by atoms with van der Waals surface area (Å²) in [5.74, 6) is -1.06. The molecule has 0 atom stereocenters. The zero-order valence-electron chi connectivity index (χ0n) is 16.5. The number of nitrogens with zero attached hydrogens (tertiary/aromatic N) is 1. The quantitative estimate of drug-likeness (QED) is 0.279. The molecule has 2 aromatic rings. The van der Waals surface area contributed by atoms with Crippen LogP contribution in [0.2, 0.25) is 0 Å². The molecule has 2 amide bonds. The van der Waals surface area contributed by atoms with Crippen LogP contribution in [0.4, 0.5) is 5.69 Å². The minimum absolute atomic E-state index is 0.00129. The molecule has 0 saturated carbocycles. The molecule has 1 aliphatic heterocycles. The Balaban J connectivity index is 1.91. The summed E-state index contributed by atoms with van der Waals surface area (Å²) in [7, 11) is 2.69. The van der Waals surface area contributed by atoms with Crippen LogP contribution in [0.1, 0.15) is 5.56 Å². The fourth-order valence-electron chi connectivity index (χ4n) is 2.74. The van der Waals surface area contributed by atoms with E-state index in [0.717, 1.165) is 4.47 Å². The van der Waals surface area contributed by atoms with E-state index in [2.05, 4.69) is 26.0 Å². The van der Waals surface area contributed by atoms with E-state index in [1.807, 2.05) is 0 Å². The van der Waals surface area contributed by atoms with Crippen LogP contribution in [0.15, 0.2) is 52.5 Å². The predicted molar refractivity (Wildman–Crippen MR) is 121 cm³/mol. The van der Waals surface area contributed by atoms with Crippen LogP contribution < -0.4 is 19.7 Å². The fraction of sp³-hybridized carbons (Fsp3) is 0.143. The molecule has 0 radical (unpaired) electrons. The maximum atomic E-state index is 13.1. The summed E-state index contributed by atoms with van der Waals surface area (Å²) in [5.41, 5.74) is 0.944. The molecule has 0 bridgehead atoms. The van der Waals surface area contributed by atoms with Gasteiger partial charge in [0, 0.05) is 4.47 Å². The van der Waals surface area contributed by atoms with Gasteiger partial charge in [0.1, 0.15) is 5.57 Å². The number of hydrogen-bond donors (Lipinski definition) is 1. The molecular weight excluding hydrogens is 488 g/mol. The highest BCUT2D eigenvalue weighted by molar-refractivity contribution is 9.10. The molecule has 3 rings (SSSR count). The molecular formula is C21H17BrN2O6S. The van der Waals surface area contributed by atoms with Gasteiger partial charge in [-0.25, -0.2) is 4.79 Å². The van der Waals surface area contributed by atoms with E-state index in [9.17, 15) is 14.4 Å². The zero-order valence-corrected chi connectivity index (χ0v) is 18.9. The number of nitrogens with one attached hydrogen (secondary N) is 1. The van der Waals surface area contributed by atoms with Crippen LogP contribution in [0.25, 0.3) is 6.08 Å². The lowest BCUT2D eigenvalue weighted by molar-refractivity contribution is -0.143. The third kappa shape index (κ3) is 5.09. The van der Waals surface area contributed by atoms with E-state index in [1.165, 1.54) is 25.2 Å². The highest BCUT2D eigenvalue weighted by atomic mass is 79.9. The van der Waals surface area contributed by atoms with Crippen molar-refractivity contribution in [3.8, 4) is 11.5 Å². The maximum absolute atomic E-state index is 13.1. The van der Waals surface area contributed by atoms with E-state index in [-0.39, 0.29) is 17.3 Å². The Morgan fingerprint density at radius 3 is 2.48 bits per heavy atom. The molecule has 1 aliphatic rings. The average molecular weight is 505 g/mol. The zero-order chi connectivity index (χ0) is 22.5. The number of anilines is 1. The summed E-state index contributed by atoms with van der Waals surface area (Å²) in [6.07, 6.45) is 1.43. The van der Waals surface area contributed by atoms with Crippen molar-refractivity contribution in [1.82, 2.24) is 5.32 Å². The summed E-state index contributed by atoms with van der Waals surface area (Å²) in [5, 5.41) is 2.53. The van der Waals surface area contributed by atoms with Gasteiger partial charge in [0.25, 0.3) is 11.8 Å². The number of esters is 1. The number of halogens is 1. The van der Waals surface area contributed by atoms with Crippen LogP contribution >= 0.6 is 28.1 Å². The maximum Gasteiger partial charge on any atom is 0.343 e. The van der Waals surface area contributed by atoms with Crippen molar-refractivity contribution in [2.75, 3.05) is 25.7 Å². The first-order valence-electron chi connectivity index (χ1n) is 8.88. The molecule has 0 aliphatic carbocycles. The first kappa shape index (κ1) is 22.4. The molecule has 1 N–H and O–H groups in total. The molecule has 31 heavy (non-hydrogen) atoms. The Kier molecular flexibility index (Phi) is 7.03. The Bertz CT molecular complexity index is 1080. The monoisotopic (exact) mass is 504 g/mol. The predicted octanol–water partition coefficient (Wildman–Crippen LogP) is 2.84. The first-order chi connectivity index (χ1) is 14.8. The second-order valence-corrected chi connectivity index (χ2v) is 7.51. The molecule has 160 valence electrons. The van der Waals surface area contributed by atoms with Crippen LogP contribution in [-0.2, 0) is 19.1 Å². The SMILES string of the molecule is COC(=O)COc1ccc(C=C2C(=O)NC(=S)N(c3ccc(Br)cc3)C2=O)cc1OC.